The van der Waals surface area contributed by atoms with Gasteiger partial charge in [0.15, 0.2) is 0 Å². The number of nitrogens with zero attached hydrogens (tertiary/aromatic N) is 1. The molecule has 0 aliphatic heterocycles. The van der Waals surface area contributed by atoms with Crippen LogP contribution in [0.15, 0.2) is 85.1 Å². The second-order valence-electron chi connectivity index (χ2n) is 5.87. The van der Waals surface area contributed by atoms with E-state index in [2.05, 4.69) is 10.3 Å². The fourth-order valence-corrected chi connectivity index (χ4v) is 2.93. The van der Waals surface area contributed by atoms with Crippen LogP contribution >= 0.6 is 0 Å². The molecule has 5 heteroatoms. The van der Waals surface area contributed by atoms with Crippen LogP contribution in [0.4, 0.5) is 0 Å². The quantitative estimate of drug-likeness (QED) is 0.720. The maximum Gasteiger partial charge on any atom is 0.270 e. The Morgan fingerprint density at radius 1 is 0.808 bits per heavy atom. The summed E-state index contributed by atoms with van der Waals surface area (Å²) in [5, 5.41) is 2.75. The Kier molecular flexibility index (Phi) is 5.39. The van der Waals surface area contributed by atoms with Crippen LogP contribution in [-0.4, -0.2) is 22.8 Å². The molecule has 0 saturated heterocycles. The van der Waals surface area contributed by atoms with Gasteiger partial charge >= 0.3 is 0 Å². The molecule has 3 N–H and O–H groups in total. The minimum absolute atomic E-state index is 0.235. The van der Waals surface area contributed by atoms with Crippen LogP contribution in [0.2, 0.25) is 0 Å². The third-order valence-electron chi connectivity index (χ3n) is 4.14. The van der Waals surface area contributed by atoms with Gasteiger partial charge in [-0.05, 0) is 23.3 Å². The van der Waals surface area contributed by atoms with Gasteiger partial charge in [0, 0.05) is 12.1 Å². The molecule has 3 aromatic rings. The maximum absolute atomic E-state index is 12.5. The average Bonchev–Trinajstić information content (AvgIpc) is 2.69. The van der Waals surface area contributed by atoms with E-state index in [1.54, 1.807) is 18.2 Å². The molecule has 3 rings (SSSR count). The van der Waals surface area contributed by atoms with E-state index in [-0.39, 0.29) is 5.69 Å². The van der Waals surface area contributed by atoms with Crippen molar-refractivity contribution in [3.05, 3.63) is 102 Å². The van der Waals surface area contributed by atoms with Gasteiger partial charge in [0.25, 0.3) is 5.91 Å². The summed E-state index contributed by atoms with van der Waals surface area (Å²) in [6.07, 6.45) is 1.53. The van der Waals surface area contributed by atoms with Crippen LogP contribution in [0.1, 0.15) is 27.5 Å². The van der Waals surface area contributed by atoms with Crippen molar-refractivity contribution < 1.29 is 9.59 Å². The van der Waals surface area contributed by atoms with Gasteiger partial charge in [-0.2, -0.15) is 0 Å². The Labute approximate surface area is 151 Å². The summed E-state index contributed by atoms with van der Waals surface area (Å²) in [6, 6.07) is 23.2. The smallest absolute Gasteiger partial charge is 0.270 e. The minimum Gasteiger partial charge on any atom is -0.368 e. The van der Waals surface area contributed by atoms with E-state index in [1.807, 2.05) is 60.7 Å². The first-order valence-corrected chi connectivity index (χ1v) is 8.28. The summed E-state index contributed by atoms with van der Waals surface area (Å²) in [5.74, 6) is -1.44. The highest BCUT2D eigenvalue weighted by Crippen LogP contribution is 2.28. The number of hydrogen-bond acceptors (Lipinski definition) is 3. The van der Waals surface area contributed by atoms with Crippen molar-refractivity contribution in [1.29, 1.82) is 0 Å². The Bertz CT molecular complexity index is 828. The van der Waals surface area contributed by atoms with Crippen LogP contribution in [-0.2, 0) is 4.79 Å². The van der Waals surface area contributed by atoms with Crippen LogP contribution in [0.5, 0.6) is 0 Å². The van der Waals surface area contributed by atoms with Crippen molar-refractivity contribution in [2.45, 2.75) is 12.0 Å². The van der Waals surface area contributed by atoms with Crippen molar-refractivity contribution in [3.8, 4) is 0 Å². The summed E-state index contributed by atoms with van der Waals surface area (Å²) < 4.78 is 0. The molecule has 0 aliphatic rings. The molecular formula is C21H19N3O2. The van der Waals surface area contributed by atoms with Gasteiger partial charge in [-0.15, -0.1) is 0 Å². The first-order valence-electron chi connectivity index (χ1n) is 8.28. The Hall–Kier alpha value is -3.47. The number of primary amides is 1. The van der Waals surface area contributed by atoms with Gasteiger partial charge in [0.2, 0.25) is 5.91 Å². The van der Waals surface area contributed by atoms with E-state index in [9.17, 15) is 9.59 Å². The van der Waals surface area contributed by atoms with E-state index in [0.29, 0.717) is 0 Å². The van der Waals surface area contributed by atoms with Crippen LogP contribution in [0.25, 0.3) is 0 Å². The summed E-state index contributed by atoms with van der Waals surface area (Å²) in [7, 11) is 0. The molecule has 1 aromatic heterocycles. The topological polar surface area (TPSA) is 85.1 Å². The second-order valence-corrected chi connectivity index (χ2v) is 5.87. The lowest BCUT2D eigenvalue weighted by Crippen LogP contribution is -2.48. The fraction of sp³-hybridized carbons (Fsp3) is 0.0952. The van der Waals surface area contributed by atoms with Crippen LogP contribution < -0.4 is 11.1 Å². The molecule has 1 heterocycles. The molecular weight excluding hydrogens is 326 g/mol. The third kappa shape index (κ3) is 3.95. The lowest BCUT2D eigenvalue weighted by molar-refractivity contribution is -0.120. The number of aromatic nitrogens is 1. The SMILES string of the molecule is NC(=O)[C@@H](NC(=O)c1ccccn1)C(c1ccccc1)c1ccccc1. The zero-order valence-corrected chi connectivity index (χ0v) is 14.1. The van der Waals surface area contributed by atoms with Gasteiger partial charge < -0.3 is 11.1 Å². The van der Waals surface area contributed by atoms with E-state index < -0.39 is 23.8 Å². The van der Waals surface area contributed by atoms with Gasteiger partial charge in [-0.25, -0.2) is 0 Å². The Balaban J connectivity index is 1.99. The summed E-state index contributed by atoms with van der Waals surface area (Å²) in [6.45, 7) is 0. The molecule has 2 amide bonds. The summed E-state index contributed by atoms with van der Waals surface area (Å²) in [4.78, 5) is 28.8. The van der Waals surface area contributed by atoms with Crippen molar-refractivity contribution in [2.75, 3.05) is 0 Å². The van der Waals surface area contributed by atoms with E-state index in [4.69, 9.17) is 5.73 Å². The lowest BCUT2D eigenvalue weighted by Gasteiger charge is -2.26. The number of rotatable bonds is 6. The Morgan fingerprint density at radius 2 is 1.35 bits per heavy atom. The highest BCUT2D eigenvalue weighted by Gasteiger charge is 2.31. The molecule has 26 heavy (non-hydrogen) atoms. The van der Waals surface area contributed by atoms with Crippen molar-refractivity contribution in [1.82, 2.24) is 10.3 Å². The first kappa shape index (κ1) is 17.4. The average molecular weight is 345 g/mol. The molecule has 0 radical (unpaired) electrons. The Morgan fingerprint density at radius 3 is 1.81 bits per heavy atom. The van der Waals surface area contributed by atoms with Crippen LogP contribution in [0.3, 0.4) is 0 Å². The highest BCUT2D eigenvalue weighted by atomic mass is 16.2. The van der Waals surface area contributed by atoms with E-state index in [0.717, 1.165) is 11.1 Å². The molecule has 5 nitrogen and oxygen atoms in total. The minimum atomic E-state index is -0.908. The zero-order chi connectivity index (χ0) is 18.4. The number of nitrogens with one attached hydrogen (secondary N) is 1. The van der Waals surface area contributed by atoms with Crippen LogP contribution in [0, 0.1) is 0 Å². The monoisotopic (exact) mass is 345 g/mol. The number of hydrogen-bond donors (Lipinski definition) is 2. The van der Waals surface area contributed by atoms with Gasteiger partial charge in [0.05, 0.1) is 0 Å². The summed E-state index contributed by atoms with van der Waals surface area (Å²) >= 11 is 0. The molecule has 0 spiro atoms. The molecule has 0 unspecified atom stereocenters. The number of pyridine rings is 1. The standard InChI is InChI=1S/C21H19N3O2/c22-20(25)19(24-21(26)17-13-7-8-14-23-17)18(15-9-3-1-4-10-15)16-11-5-2-6-12-16/h1-14,18-19H,(H2,22,25)(H,24,26)/t19-/m0/s1. The normalized spacial score (nSPS) is 11.7. The number of amides is 2. The molecule has 2 aromatic carbocycles. The largest absolute Gasteiger partial charge is 0.368 e. The number of benzene rings is 2. The van der Waals surface area contributed by atoms with E-state index in [1.165, 1.54) is 6.20 Å². The van der Waals surface area contributed by atoms with Gasteiger partial charge in [-0.3, -0.25) is 14.6 Å². The van der Waals surface area contributed by atoms with Crippen molar-refractivity contribution >= 4 is 11.8 Å². The number of carbonyl (C=O) groups is 2. The van der Waals surface area contributed by atoms with Gasteiger partial charge in [-0.1, -0.05) is 66.7 Å². The van der Waals surface area contributed by atoms with Crippen molar-refractivity contribution in [3.63, 3.8) is 0 Å². The predicted octanol–water partition coefficient (Wildman–Crippen LogP) is 2.50. The highest BCUT2D eigenvalue weighted by molar-refractivity contribution is 5.96. The van der Waals surface area contributed by atoms with Gasteiger partial charge in [0.1, 0.15) is 11.7 Å². The predicted molar refractivity (Wildman–Crippen MR) is 99.4 cm³/mol. The molecule has 0 saturated carbocycles. The molecule has 130 valence electrons. The third-order valence-corrected chi connectivity index (χ3v) is 4.14. The lowest BCUT2D eigenvalue weighted by atomic mass is 9.84. The molecule has 0 aliphatic carbocycles. The fourth-order valence-electron chi connectivity index (χ4n) is 2.93. The first-order chi connectivity index (χ1) is 12.7. The van der Waals surface area contributed by atoms with E-state index >= 15 is 0 Å². The molecule has 0 bridgehead atoms. The van der Waals surface area contributed by atoms with Crippen molar-refractivity contribution in [2.24, 2.45) is 5.73 Å². The molecule has 0 fully saturated rings. The summed E-state index contributed by atoms with van der Waals surface area (Å²) in [5.41, 5.74) is 7.68. The zero-order valence-electron chi connectivity index (χ0n) is 14.1. The maximum atomic E-state index is 12.5. The molecule has 1 atom stereocenters. The second kappa shape index (κ2) is 8.07. The number of nitrogens with two attached hydrogens (primary N) is 1. The number of carbonyl (C=O) groups excluding carboxylic acids is 2.